The van der Waals surface area contributed by atoms with Gasteiger partial charge in [0, 0.05) is 24.4 Å². The second-order valence-electron chi connectivity index (χ2n) is 9.11. The summed E-state index contributed by atoms with van der Waals surface area (Å²) in [6.07, 6.45) is 0.589. The molecule has 3 rings (SSSR count). The van der Waals surface area contributed by atoms with E-state index in [4.69, 9.17) is 9.47 Å². The van der Waals surface area contributed by atoms with Gasteiger partial charge >= 0.3 is 12.1 Å². The number of sulfonamides is 1. The van der Waals surface area contributed by atoms with Crippen LogP contribution in [0.3, 0.4) is 0 Å². The lowest BCUT2D eigenvalue weighted by molar-refractivity contribution is -0.147. The van der Waals surface area contributed by atoms with Crippen molar-refractivity contribution in [3.05, 3.63) is 89.4 Å². The molecule has 0 radical (unpaired) electrons. The minimum Gasteiger partial charge on any atom is -0.464 e. The van der Waals surface area contributed by atoms with Gasteiger partial charge in [-0.1, -0.05) is 26.0 Å². The lowest BCUT2D eigenvalue weighted by atomic mass is 10.1. The second kappa shape index (κ2) is 14.7. The summed E-state index contributed by atoms with van der Waals surface area (Å²) in [5.41, 5.74) is 0.954. The smallest absolute Gasteiger partial charge is 0.414 e. The fourth-order valence-corrected chi connectivity index (χ4v) is 4.25. The lowest BCUT2D eigenvalue weighted by Gasteiger charge is -2.10. The Hall–Kier alpha value is -4.85. The highest BCUT2D eigenvalue weighted by atomic mass is 32.2. The molecular weight excluding hydrogens is 571 g/mol. The first-order valence-corrected chi connectivity index (χ1v) is 14.2. The van der Waals surface area contributed by atoms with Crippen molar-refractivity contribution >= 4 is 33.9 Å². The van der Waals surface area contributed by atoms with Gasteiger partial charge < -0.3 is 20.1 Å². The molecule has 0 aliphatic carbocycles. The summed E-state index contributed by atoms with van der Waals surface area (Å²) in [4.78, 5) is 51.5. The van der Waals surface area contributed by atoms with Crippen LogP contribution in [0, 0.1) is 11.7 Å². The molecule has 0 bridgehead atoms. The fourth-order valence-electron chi connectivity index (χ4n) is 3.28. The molecule has 0 atom stereocenters. The van der Waals surface area contributed by atoms with E-state index in [1.54, 1.807) is 26.0 Å². The molecular formula is C28H29FN4O8S. The number of nitrogens with one attached hydrogen (secondary N) is 3. The number of carbonyl (C=O) groups is 4. The number of aromatic nitrogens is 1. The Labute approximate surface area is 241 Å². The predicted molar refractivity (Wildman–Crippen MR) is 148 cm³/mol. The van der Waals surface area contributed by atoms with E-state index in [2.05, 4.69) is 15.6 Å². The van der Waals surface area contributed by atoms with Gasteiger partial charge in [-0.15, -0.1) is 0 Å². The third-order valence-electron chi connectivity index (χ3n) is 5.55. The number of rotatable bonds is 12. The van der Waals surface area contributed by atoms with Crippen LogP contribution < -0.4 is 20.1 Å². The number of pyridine rings is 1. The van der Waals surface area contributed by atoms with E-state index in [0.717, 1.165) is 11.8 Å². The van der Waals surface area contributed by atoms with E-state index in [9.17, 15) is 32.0 Å². The lowest BCUT2D eigenvalue weighted by Crippen LogP contribution is -2.31. The van der Waals surface area contributed by atoms with Crippen LogP contribution in [0.25, 0.3) is 0 Å². The molecule has 1 aromatic heterocycles. The molecule has 0 aliphatic heterocycles. The number of ether oxygens (including phenoxy) is 2. The van der Waals surface area contributed by atoms with Crippen molar-refractivity contribution in [1.29, 1.82) is 0 Å². The SMILES string of the molecule is CC(C)C(=O)OCCNC(=O)Oc1ccc(C(=O)NS(=O)(=O)c2ccc(CCNC(=O)c3ccc(F)cc3)cc2)cn1. The van der Waals surface area contributed by atoms with Crippen LogP contribution in [-0.4, -0.2) is 57.0 Å². The third kappa shape index (κ3) is 9.66. The van der Waals surface area contributed by atoms with Crippen molar-refractivity contribution in [2.45, 2.75) is 25.2 Å². The molecule has 1 heterocycles. The molecule has 0 unspecified atom stereocenters. The van der Waals surface area contributed by atoms with Crippen molar-refractivity contribution in [2.75, 3.05) is 19.7 Å². The molecule has 0 aliphatic rings. The molecule has 14 heteroatoms. The van der Waals surface area contributed by atoms with Gasteiger partial charge in [-0.05, 0) is 54.4 Å². The first kappa shape index (κ1) is 31.7. The van der Waals surface area contributed by atoms with Crippen molar-refractivity contribution in [1.82, 2.24) is 20.3 Å². The average Bonchev–Trinajstić information content (AvgIpc) is 2.96. The summed E-state index contributed by atoms with van der Waals surface area (Å²) in [6, 6.07) is 13.3. The Balaban J connectivity index is 1.46. The quantitative estimate of drug-likeness (QED) is 0.209. The number of hydrogen-bond donors (Lipinski definition) is 3. The Bertz CT molecular complexity index is 1510. The number of halogens is 1. The minimum absolute atomic E-state index is 0.0186. The summed E-state index contributed by atoms with van der Waals surface area (Å²) in [6.45, 7) is 3.61. The maximum atomic E-state index is 13.0. The summed E-state index contributed by atoms with van der Waals surface area (Å²) >= 11 is 0. The fraction of sp³-hybridized carbons (Fsp3) is 0.250. The van der Waals surface area contributed by atoms with Crippen molar-refractivity contribution in [3.63, 3.8) is 0 Å². The number of benzene rings is 2. The Kier molecular flexibility index (Phi) is 11.1. The second-order valence-corrected chi connectivity index (χ2v) is 10.8. The maximum Gasteiger partial charge on any atom is 0.414 e. The zero-order chi connectivity index (χ0) is 30.7. The molecule has 3 amide bonds. The van der Waals surface area contributed by atoms with Crippen LogP contribution in [0.5, 0.6) is 5.88 Å². The number of esters is 1. The largest absolute Gasteiger partial charge is 0.464 e. The maximum absolute atomic E-state index is 13.0. The molecule has 3 N–H and O–H groups in total. The average molecular weight is 601 g/mol. The Morgan fingerprint density at radius 2 is 1.52 bits per heavy atom. The number of nitrogens with zero attached hydrogens (tertiary/aromatic N) is 1. The van der Waals surface area contributed by atoms with Crippen LogP contribution in [0.15, 0.2) is 71.8 Å². The van der Waals surface area contributed by atoms with Gasteiger partial charge in [0.05, 0.1) is 22.9 Å². The van der Waals surface area contributed by atoms with E-state index in [0.29, 0.717) is 12.0 Å². The minimum atomic E-state index is -4.21. The van der Waals surface area contributed by atoms with Crippen molar-refractivity contribution in [2.24, 2.45) is 5.92 Å². The predicted octanol–water partition coefficient (Wildman–Crippen LogP) is 2.60. The van der Waals surface area contributed by atoms with Gasteiger partial charge in [-0.2, -0.15) is 0 Å². The first-order valence-electron chi connectivity index (χ1n) is 12.7. The normalized spacial score (nSPS) is 11.0. The molecule has 0 fully saturated rings. The number of amides is 3. The highest BCUT2D eigenvalue weighted by Gasteiger charge is 2.19. The van der Waals surface area contributed by atoms with E-state index >= 15 is 0 Å². The molecule has 0 saturated heterocycles. The molecule has 222 valence electrons. The monoisotopic (exact) mass is 600 g/mol. The van der Waals surface area contributed by atoms with Crippen LogP contribution in [0.1, 0.15) is 40.1 Å². The van der Waals surface area contributed by atoms with Crippen LogP contribution in [0.4, 0.5) is 9.18 Å². The van der Waals surface area contributed by atoms with Gasteiger partial charge in [0.1, 0.15) is 12.4 Å². The van der Waals surface area contributed by atoms with Crippen LogP contribution in [-0.2, 0) is 26.0 Å². The topological polar surface area (TPSA) is 170 Å². The van der Waals surface area contributed by atoms with Gasteiger partial charge in [0.25, 0.3) is 21.8 Å². The van der Waals surface area contributed by atoms with E-state index in [-0.39, 0.29) is 47.9 Å². The van der Waals surface area contributed by atoms with E-state index in [1.165, 1.54) is 48.5 Å². The van der Waals surface area contributed by atoms with Crippen LogP contribution in [0.2, 0.25) is 0 Å². The highest BCUT2D eigenvalue weighted by molar-refractivity contribution is 7.90. The van der Waals surface area contributed by atoms with Crippen molar-refractivity contribution in [3.8, 4) is 5.88 Å². The van der Waals surface area contributed by atoms with Crippen LogP contribution >= 0.6 is 0 Å². The van der Waals surface area contributed by atoms with E-state index in [1.807, 2.05) is 4.72 Å². The molecule has 3 aromatic rings. The zero-order valence-corrected chi connectivity index (χ0v) is 23.6. The third-order valence-corrected chi connectivity index (χ3v) is 6.90. The molecule has 12 nitrogen and oxygen atoms in total. The Morgan fingerprint density at radius 3 is 2.14 bits per heavy atom. The number of carbonyl (C=O) groups excluding carboxylic acids is 4. The van der Waals surface area contributed by atoms with Gasteiger partial charge in [0.2, 0.25) is 5.88 Å². The highest BCUT2D eigenvalue weighted by Crippen LogP contribution is 2.13. The van der Waals surface area contributed by atoms with Gasteiger partial charge in [-0.25, -0.2) is 27.3 Å². The molecule has 0 spiro atoms. The zero-order valence-electron chi connectivity index (χ0n) is 22.8. The van der Waals surface area contributed by atoms with Crippen molar-refractivity contribution < 1.29 is 41.5 Å². The summed E-state index contributed by atoms with van der Waals surface area (Å²) in [7, 11) is -4.21. The van der Waals surface area contributed by atoms with Gasteiger partial charge in [0.15, 0.2) is 0 Å². The summed E-state index contributed by atoms with van der Waals surface area (Å²) in [5, 5.41) is 5.07. The first-order chi connectivity index (χ1) is 19.9. The number of hydrogen-bond acceptors (Lipinski definition) is 9. The standard InChI is InChI=1S/C28H29FN4O8S/c1-18(2)27(36)40-16-15-31-28(37)41-24-12-7-21(17-32-24)26(35)33-42(38,39)23-10-3-19(4-11-23)13-14-30-25(34)20-5-8-22(29)9-6-20/h3-12,17-18H,13-16H2,1-2H3,(H,30,34)(H,31,37)(H,33,35). The van der Waals surface area contributed by atoms with Gasteiger partial charge in [-0.3, -0.25) is 14.4 Å². The van der Waals surface area contributed by atoms with E-state index < -0.39 is 33.8 Å². The summed E-state index contributed by atoms with van der Waals surface area (Å²) in [5.74, 6) is -2.59. The molecule has 2 aromatic carbocycles. The molecule has 0 saturated carbocycles. The summed E-state index contributed by atoms with van der Waals surface area (Å²) < 4.78 is 50.2. The Morgan fingerprint density at radius 1 is 0.857 bits per heavy atom. The molecule has 42 heavy (non-hydrogen) atoms.